The first-order valence-corrected chi connectivity index (χ1v) is 7.55. The van der Waals surface area contributed by atoms with Crippen LogP contribution < -0.4 is 0 Å². The highest BCUT2D eigenvalue weighted by molar-refractivity contribution is 5.77. The van der Waals surface area contributed by atoms with E-state index in [1.807, 2.05) is 6.92 Å². The lowest BCUT2D eigenvalue weighted by molar-refractivity contribution is -0.171. The molecule has 0 aromatic carbocycles. The van der Waals surface area contributed by atoms with E-state index in [0.29, 0.717) is 12.3 Å². The van der Waals surface area contributed by atoms with Crippen LogP contribution in [0.2, 0.25) is 0 Å². The van der Waals surface area contributed by atoms with Crippen LogP contribution in [0.5, 0.6) is 0 Å². The Hall–Kier alpha value is -0.610. The number of ether oxygens (including phenoxy) is 1. The number of aliphatic hydroxyl groups excluding tert-OH is 1. The molecule has 19 heavy (non-hydrogen) atoms. The number of hydrogen-bond acceptors (Lipinski definition) is 4. The zero-order valence-corrected chi connectivity index (χ0v) is 11.4. The zero-order chi connectivity index (χ0) is 13.5. The van der Waals surface area contributed by atoms with Crippen LogP contribution in [0.15, 0.2) is 0 Å². The van der Waals surface area contributed by atoms with Crippen molar-refractivity contribution in [2.45, 2.75) is 69.2 Å². The first-order valence-electron chi connectivity index (χ1n) is 7.55. The van der Waals surface area contributed by atoms with E-state index in [0.717, 1.165) is 38.5 Å². The summed E-state index contributed by atoms with van der Waals surface area (Å²) in [5.41, 5.74) is -1.21. The molecule has 106 valence electrons. The Labute approximate surface area is 113 Å². The van der Waals surface area contributed by atoms with Gasteiger partial charge in [0.1, 0.15) is 5.60 Å². The van der Waals surface area contributed by atoms with Gasteiger partial charge in [0, 0.05) is 11.8 Å². The van der Waals surface area contributed by atoms with Crippen LogP contribution in [-0.4, -0.2) is 33.5 Å². The molecule has 2 bridgehead atoms. The van der Waals surface area contributed by atoms with Crippen LogP contribution in [0, 0.1) is 17.3 Å². The van der Waals surface area contributed by atoms with Gasteiger partial charge in [0.25, 0.3) is 0 Å². The van der Waals surface area contributed by atoms with Crippen LogP contribution >= 0.6 is 0 Å². The lowest BCUT2D eigenvalue weighted by Crippen LogP contribution is -2.52. The fourth-order valence-electron chi connectivity index (χ4n) is 6.01. The maximum atomic E-state index is 11.7. The Morgan fingerprint density at radius 1 is 1.26 bits per heavy atom. The molecule has 4 heteroatoms. The fourth-order valence-corrected chi connectivity index (χ4v) is 6.01. The number of esters is 1. The van der Waals surface area contributed by atoms with E-state index in [-0.39, 0.29) is 11.3 Å². The van der Waals surface area contributed by atoms with Gasteiger partial charge in [-0.1, -0.05) is 6.42 Å². The molecule has 6 unspecified atom stereocenters. The fraction of sp³-hybridized carbons (Fsp3) is 0.933. The molecule has 2 N–H and O–H groups in total. The van der Waals surface area contributed by atoms with Gasteiger partial charge >= 0.3 is 5.97 Å². The summed E-state index contributed by atoms with van der Waals surface area (Å²) >= 11 is 0. The summed E-state index contributed by atoms with van der Waals surface area (Å²) in [4.78, 5) is 11.7. The number of cyclic esters (lactones) is 1. The van der Waals surface area contributed by atoms with Crippen molar-refractivity contribution in [3.8, 4) is 0 Å². The second-order valence-electron chi connectivity index (χ2n) is 7.40. The number of carbonyl (C=O) groups is 1. The molecular formula is C15H22O4. The van der Waals surface area contributed by atoms with Crippen molar-refractivity contribution in [3.05, 3.63) is 0 Å². The minimum atomic E-state index is -0.978. The maximum absolute atomic E-state index is 11.7. The average Bonchev–Trinajstić information content (AvgIpc) is 3.01. The zero-order valence-electron chi connectivity index (χ0n) is 11.4. The predicted octanol–water partition coefficient (Wildman–Crippen LogP) is 1.38. The van der Waals surface area contributed by atoms with E-state index in [1.54, 1.807) is 0 Å². The molecule has 3 aliphatic carbocycles. The normalized spacial score (nSPS) is 59.5. The number of rotatable bonds is 1. The molecule has 0 spiro atoms. The van der Waals surface area contributed by atoms with Crippen molar-refractivity contribution in [2.75, 3.05) is 0 Å². The van der Waals surface area contributed by atoms with Gasteiger partial charge in [0.05, 0.1) is 5.60 Å². The third-order valence-electron chi connectivity index (χ3n) is 6.83. The minimum absolute atomic E-state index is 0.101. The van der Waals surface area contributed by atoms with Gasteiger partial charge < -0.3 is 14.9 Å². The molecular weight excluding hydrogens is 244 g/mol. The molecule has 4 rings (SSSR count). The number of carbonyl (C=O) groups excluding carboxylic acids is 1. The molecule has 0 aromatic heterocycles. The van der Waals surface area contributed by atoms with E-state index in [2.05, 4.69) is 0 Å². The topological polar surface area (TPSA) is 66.8 Å². The molecule has 1 heterocycles. The monoisotopic (exact) mass is 266 g/mol. The lowest BCUT2D eigenvalue weighted by Gasteiger charge is -2.48. The molecule has 1 aliphatic heterocycles. The summed E-state index contributed by atoms with van der Waals surface area (Å²) < 4.78 is 5.62. The van der Waals surface area contributed by atoms with Crippen molar-refractivity contribution < 1.29 is 19.7 Å². The van der Waals surface area contributed by atoms with Crippen molar-refractivity contribution in [1.82, 2.24) is 0 Å². The quantitative estimate of drug-likeness (QED) is 0.704. The standard InChI is InChI=1S/C15H22O4/c1-13(8-10(16)12(17)19-13)14-6-4-9(7-14)15(18)5-2-3-11(14)15/h9-11,16,18H,2-8H2,1H3. The van der Waals surface area contributed by atoms with E-state index >= 15 is 0 Å². The van der Waals surface area contributed by atoms with Crippen molar-refractivity contribution >= 4 is 5.97 Å². The first kappa shape index (κ1) is 12.2. The second-order valence-corrected chi connectivity index (χ2v) is 7.40. The van der Waals surface area contributed by atoms with E-state index in [9.17, 15) is 15.0 Å². The number of aliphatic hydroxyl groups is 2. The first-order chi connectivity index (χ1) is 8.91. The highest BCUT2D eigenvalue weighted by Crippen LogP contribution is 2.72. The Morgan fingerprint density at radius 2 is 2.05 bits per heavy atom. The molecule has 1 saturated heterocycles. The molecule has 3 saturated carbocycles. The average molecular weight is 266 g/mol. The molecule has 0 radical (unpaired) electrons. The molecule has 6 atom stereocenters. The second kappa shape index (κ2) is 3.34. The van der Waals surface area contributed by atoms with Gasteiger partial charge in [-0.3, -0.25) is 0 Å². The van der Waals surface area contributed by atoms with Crippen LogP contribution in [0.1, 0.15) is 51.9 Å². The van der Waals surface area contributed by atoms with Gasteiger partial charge in [-0.2, -0.15) is 0 Å². The van der Waals surface area contributed by atoms with Gasteiger partial charge in [0.2, 0.25) is 0 Å². The summed E-state index contributed by atoms with van der Waals surface area (Å²) in [5, 5.41) is 20.8. The van der Waals surface area contributed by atoms with Gasteiger partial charge in [-0.25, -0.2) is 4.79 Å². The third kappa shape index (κ3) is 1.21. The van der Waals surface area contributed by atoms with Crippen LogP contribution in [-0.2, 0) is 9.53 Å². The predicted molar refractivity (Wildman–Crippen MR) is 67.2 cm³/mol. The summed E-state index contributed by atoms with van der Waals surface area (Å²) in [6.07, 6.45) is 5.46. The van der Waals surface area contributed by atoms with Gasteiger partial charge in [-0.15, -0.1) is 0 Å². The minimum Gasteiger partial charge on any atom is -0.457 e. The van der Waals surface area contributed by atoms with Crippen molar-refractivity contribution in [1.29, 1.82) is 0 Å². The Balaban J connectivity index is 1.76. The summed E-state index contributed by atoms with van der Waals surface area (Å²) in [6, 6.07) is 0. The van der Waals surface area contributed by atoms with Crippen LogP contribution in [0.25, 0.3) is 0 Å². The Morgan fingerprint density at radius 3 is 2.74 bits per heavy atom. The Bertz CT molecular complexity index is 449. The largest absolute Gasteiger partial charge is 0.457 e. The SMILES string of the molecule is CC1(C23CCC(C2)C2(O)CCCC23)CC(O)C(=O)O1. The molecule has 0 aromatic rings. The summed E-state index contributed by atoms with van der Waals surface area (Å²) in [5.74, 6) is 0.142. The van der Waals surface area contributed by atoms with E-state index in [1.165, 1.54) is 0 Å². The summed E-state index contributed by atoms with van der Waals surface area (Å²) in [7, 11) is 0. The van der Waals surface area contributed by atoms with Crippen molar-refractivity contribution in [2.24, 2.45) is 17.3 Å². The van der Waals surface area contributed by atoms with Crippen LogP contribution in [0.4, 0.5) is 0 Å². The van der Waals surface area contributed by atoms with E-state index in [4.69, 9.17) is 4.74 Å². The van der Waals surface area contributed by atoms with Gasteiger partial charge in [0.15, 0.2) is 6.10 Å². The van der Waals surface area contributed by atoms with Crippen LogP contribution in [0.3, 0.4) is 0 Å². The molecule has 4 aliphatic rings. The van der Waals surface area contributed by atoms with Gasteiger partial charge in [-0.05, 0) is 50.9 Å². The highest BCUT2D eigenvalue weighted by atomic mass is 16.6. The Kier molecular flexibility index (Phi) is 2.14. The molecule has 4 nitrogen and oxygen atoms in total. The molecule has 4 fully saturated rings. The van der Waals surface area contributed by atoms with Crippen molar-refractivity contribution in [3.63, 3.8) is 0 Å². The highest BCUT2D eigenvalue weighted by Gasteiger charge is 2.73. The molecule has 0 amide bonds. The number of hydrogen-bond donors (Lipinski definition) is 2. The smallest absolute Gasteiger partial charge is 0.335 e. The summed E-state index contributed by atoms with van der Waals surface area (Å²) in [6.45, 7) is 1.98. The lowest BCUT2D eigenvalue weighted by atomic mass is 9.60. The van der Waals surface area contributed by atoms with E-state index < -0.39 is 23.3 Å². The number of fused-ring (bicyclic) bond motifs is 5. The third-order valence-corrected chi connectivity index (χ3v) is 6.83. The maximum Gasteiger partial charge on any atom is 0.335 e.